The summed E-state index contributed by atoms with van der Waals surface area (Å²) in [7, 11) is 1.75. The highest BCUT2D eigenvalue weighted by molar-refractivity contribution is 5.66. The van der Waals surface area contributed by atoms with Crippen molar-refractivity contribution in [2.75, 3.05) is 13.7 Å². The van der Waals surface area contributed by atoms with Crippen molar-refractivity contribution in [1.29, 1.82) is 0 Å². The van der Waals surface area contributed by atoms with Crippen molar-refractivity contribution < 1.29 is 13.5 Å². The Morgan fingerprint density at radius 1 is 0.719 bits per heavy atom. The molecule has 0 spiro atoms. The molecule has 2 aromatic carbocycles. The van der Waals surface area contributed by atoms with Crippen LogP contribution < -0.4 is 0 Å². The maximum Gasteiger partial charge on any atom is 0.131 e. The molecule has 0 N–H and O–H groups in total. The fourth-order valence-electron chi connectivity index (χ4n) is 6.10. The zero-order chi connectivity index (χ0) is 22.5. The smallest absolute Gasteiger partial charge is 0.131 e. The maximum absolute atomic E-state index is 15.1. The van der Waals surface area contributed by atoms with Crippen LogP contribution in [0.5, 0.6) is 0 Å². The van der Waals surface area contributed by atoms with Gasteiger partial charge < -0.3 is 4.74 Å². The Balaban J connectivity index is 1.44. The molecule has 174 valence electrons. The number of hydrogen-bond donors (Lipinski definition) is 0. The molecule has 2 aromatic rings. The molecule has 0 heterocycles. The van der Waals surface area contributed by atoms with Gasteiger partial charge >= 0.3 is 0 Å². The third kappa shape index (κ3) is 5.42. The van der Waals surface area contributed by atoms with Crippen LogP contribution in [0.1, 0.15) is 94.1 Å². The van der Waals surface area contributed by atoms with Gasteiger partial charge in [0.2, 0.25) is 0 Å². The Morgan fingerprint density at radius 3 is 1.59 bits per heavy atom. The molecule has 0 radical (unpaired) electrons. The molecule has 0 saturated heterocycles. The van der Waals surface area contributed by atoms with Crippen molar-refractivity contribution in [2.24, 2.45) is 11.8 Å². The Kier molecular flexibility index (Phi) is 7.99. The average Bonchev–Trinajstić information content (AvgIpc) is 2.81. The normalized spacial score (nSPS) is 26.2. The molecule has 2 aliphatic carbocycles. The van der Waals surface area contributed by atoms with Crippen LogP contribution in [0.4, 0.5) is 8.78 Å². The van der Waals surface area contributed by atoms with Gasteiger partial charge in [0.05, 0.1) is 0 Å². The van der Waals surface area contributed by atoms with Crippen molar-refractivity contribution in [3.63, 3.8) is 0 Å². The Hall–Kier alpha value is -1.74. The van der Waals surface area contributed by atoms with E-state index in [1.807, 2.05) is 12.1 Å². The highest BCUT2D eigenvalue weighted by Gasteiger charge is 2.25. The molecule has 2 aliphatic rings. The standard InChI is InChI=1S/C29H38F2O/c1-3-4-20-5-9-22(10-6-20)24-13-15-26(28(30)17-24)27-16-14-25(18-29(27)31)23-11-7-21(8-12-23)19-32-2/h13-18,20-23H,3-12,19H2,1-2H3. The molecule has 32 heavy (non-hydrogen) atoms. The zero-order valence-corrected chi connectivity index (χ0v) is 19.7. The summed E-state index contributed by atoms with van der Waals surface area (Å²) in [6.45, 7) is 3.06. The average molecular weight is 441 g/mol. The Bertz CT molecular complexity index is 803. The molecule has 0 aliphatic heterocycles. The summed E-state index contributed by atoms with van der Waals surface area (Å²) < 4.78 is 35.4. The third-order valence-corrected chi connectivity index (χ3v) is 8.01. The summed E-state index contributed by atoms with van der Waals surface area (Å²) in [5.74, 6) is 1.67. The first-order valence-corrected chi connectivity index (χ1v) is 12.7. The lowest BCUT2D eigenvalue weighted by molar-refractivity contribution is 0.127. The topological polar surface area (TPSA) is 9.23 Å². The largest absolute Gasteiger partial charge is 0.384 e. The van der Waals surface area contributed by atoms with E-state index in [2.05, 4.69) is 6.92 Å². The molecule has 0 aromatic heterocycles. The minimum Gasteiger partial charge on any atom is -0.384 e. The van der Waals surface area contributed by atoms with Crippen LogP contribution in [0.3, 0.4) is 0 Å². The monoisotopic (exact) mass is 440 g/mol. The molecule has 1 nitrogen and oxygen atoms in total. The van der Waals surface area contributed by atoms with Crippen LogP contribution >= 0.6 is 0 Å². The molecule has 0 unspecified atom stereocenters. The highest BCUT2D eigenvalue weighted by atomic mass is 19.1. The molecule has 4 rings (SSSR count). The molecule has 0 bridgehead atoms. The van der Waals surface area contributed by atoms with Crippen LogP contribution in [-0.2, 0) is 4.74 Å². The quantitative estimate of drug-likeness (QED) is 0.419. The molecule has 2 fully saturated rings. The first-order chi connectivity index (χ1) is 15.6. The summed E-state index contributed by atoms with van der Waals surface area (Å²) in [4.78, 5) is 0. The van der Waals surface area contributed by atoms with E-state index in [1.54, 1.807) is 31.4 Å². The maximum atomic E-state index is 15.1. The number of hydrogen-bond acceptors (Lipinski definition) is 1. The number of halogens is 2. The fraction of sp³-hybridized carbons (Fsp3) is 0.586. The number of ether oxygens (including phenoxy) is 1. The van der Waals surface area contributed by atoms with Gasteiger partial charge in [-0.1, -0.05) is 44.0 Å². The van der Waals surface area contributed by atoms with Gasteiger partial charge in [-0.05, 0) is 98.3 Å². The fourth-order valence-corrected chi connectivity index (χ4v) is 6.10. The third-order valence-electron chi connectivity index (χ3n) is 8.01. The first kappa shape index (κ1) is 23.4. The lowest BCUT2D eigenvalue weighted by Gasteiger charge is -2.29. The number of rotatable bonds is 7. The zero-order valence-electron chi connectivity index (χ0n) is 19.7. The van der Waals surface area contributed by atoms with Gasteiger partial charge in [0.25, 0.3) is 0 Å². The van der Waals surface area contributed by atoms with E-state index in [0.717, 1.165) is 62.2 Å². The van der Waals surface area contributed by atoms with E-state index in [4.69, 9.17) is 4.74 Å². The van der Waals surface area contributed by atoms with Gasteiger partial charge in [-0.3, -0.25) is 0 Å². The van der Waals surface area contributed by atoms with Crippen LogP contribution in [0, 0.1) is 23.5 Å². The van der Waals surface area contributed by atoms with Gasteiger partial charge in [0.15, 0.2) is 0 Å². The summed E-state index contributed by atoms with van der Waals surface area (Å²) in [6.07, 6.45) is 11.7. The van der Waals surface area contributed by atoms with Gasteiger partial charge in [-0.15, -0.1) is 0 Å². The predicted octanol–water partition coefficient (Wildman–Crippen LogP) is 8.63. The second kappa shape index (κ2) is 10.9. The van der Waals surface area contributed by atoms with E-state index in [-0.39, 0.29) is 11.6 Å². The second-order valence-electron chi connectivity index (χ2n) is 10.2. The minimum absolute atomic E-state index is 0.301. The van der Waals surface area contributed by atoms with Crippen molar-refractivity contribution in [1.82, 2.24) is 0 Å². The van der Waals surface area contributed by atoms with E-state index in [1.165, 1.54) is 25.7 Å². The van der Waals surface area contributed by atoms with Crippen molar-refractivity contribution in [2.45, 2.75) is 83.0 Å². The minimum atomic E-state index is -0.312. The predicted molar refractivity (Wildman–Crippen MR) is 128 cm³/mol. The van der Waals surface area contributed by atoms with Gasteiger partial charge in [-0.2, -0.15) is 0 Å². The lowest BCUT2D eigenvalue weighted by Crippen LogP contribution is -2.17. The van der Waals surface area contributed by atoms with Crippen molar-refractivity contribution in [3.05, 3.63) is 59.2 Å². The second-order valence-corrected chi connectivity index (χ2v) is 10.2. The first-order valence-electron chi connectivity index (χ1n) is 12.7. The SMILES string of the molecule is CCCC1CCC(c2ccc(-c3ccc(C4CCC(COC)CC4)cc3F)c(F)c2)CC1. The van der Waals surface area contributed by atoms with Crippen LogP contribution in [-0.4, -0.2) is 13.7 Å². The lowest BCUT2D eigenvalue weighted by atomic mass is 9.77. The molecule has 2 saturated carbocycles. The van der Waals surface area contributed by atoms with E-state index >= 15 is 8.78 Å². The number of methoxy groups -OCH3 is 1. The van der Waals surface area contributed by atoms with Crippen molar-refractivity contribution >= 4 is 0 Å². The summed E-state index contributed by atoms with van der Waals surface area (Å²) in [5, 5.41) is 0. The Labute approximate surface area is 192 Å². The summed E-state index contributed by atoms with van der Waals surface area (Å²) in [5.41, 5.74) is 2.87. The van der Waals surface area contributed by atoms with Gasteiger partial charge in [0.1, 0.15) is 11.6 Å². The van der Waals surface area contributed by atoms with Gasteiger partial charge in [-0.25, -0.2) is 8.78 Å². The molecule has 0 amide bonds. The highest BCUT2D eigenvalue weighted by Crippen LogP contribution is 2.40. The van der Waals surface area contributed by atoms with E-state index in [9.17, 15) is 0 Å². The van der Waals surface area contributed by atoms with Crippen LogP contribution in [0.15, 0.2) is 36.4 Å². The van der Waals surface area contributed by atoms with Gasteiger partial charge in [0, 0.05) is 24.8 Å². The molecular weight excluding hydrogens is 402 g/mol. The molecule has 0 atom stereocenters. The van der Waals surface area contributed by atoms with E-state index < -0.39 is 0 Å². The molecule has 3 heteroatoms. The number of benzene rings is 2. The van der Waals surface area contributed by atoms with Crippen LogP contribution in [0.25, 0.3) is 11.1 Å². The Morgan fingerprint density at radius 2 is 1.19 bits per heavy atom. The van der Waals surface area contributed by atoms with Crippen LogP contribution in [0.2, 0.25) is 0 Å². The summed E-state index contributed by atoms with van der Waals surface area (Å²) >= 11 is 0. The van der Waals surface area contributed by atoms with E-state index in [0.29, 0.717) is 28.9 Å². The molecular formula is C29H38F2O. The van der Waals surface area contributed by atoms with Crippen molar-refractivity contribution in [3.8, 4) is 11.1 Å². The summed E-state index contributed by atoms with van der Waals surface area (Å²) in [6, 6.07) is 10.9.